The van der Waals surface area contributed by atoms with E-state index in [-0.39, 0.29) is 0 Å². The van der Waals surface area contributed by atoms with Gasteiger partial charge in [-0.05, 0) is 24.1 Å². The minimum atomic E-state index is -1.65. The van der Waals surface area contributed by atoms with Gasteiger partial charge in [0.1, 0.15) is 5.82 Å². The number of hydrogen-bond donors (Lipinski definition) is 3. The molecule has 3 N–H and O–H groups in total. The van der Waals surface area contributed by atoms with E-state index in [2.05, 4.69) is 5.32 Å². The summed E-state index contributed by atoms with van der Waals surface area (Å²) in [5.41, 5.74) is 1.33. The van der Waals surface area contributed by atoms with Gasteiger partial charge in [-0.2, -0.15) is 0 Å². The van der Waals surface area contributed by atoms with Gasteiger partial charge in [-0.1, -0.05) is 6.07 Å². The van der Waals surface area contributed by atoms with Crippen molar-refractivity contribution < 1.29 is 24.2 Å². The van der Waals surface area contributed by atoms with Gasteiger partial charge in [0.2, 0.25) is 0 Å². The summed E-state index contributed by atoms with van der Waals surface area (Å²) < 4.78 is 13.1. The summed E-state index contributed by atoms with van der Waals surface area (Å²) in [6, 6.07) is 3.65. The lowest BCUT2D eigenvalue weighted by atomic mass is 10.2. The van der Waals surface area contributed by atoms with E-state index in [0.29, 0.717) is 18.7 Å². The summed E-state index contributed by atoms with van der Waals surface area (Å²) in [6.07, 6.45) is -1.04. The van der Waals surface area contributed by atoms with Crippen LogP contribution >= 0.6 is 0 Å². The molecule has 7 heteroatoms. The van der Waals surface area contributed by atoms with Gasteiger partial charge in [0.15, 0.2) is 6.10 Å². The van der Waals surface area contributed by atoms with E-state index in [0.717, 1.165) is 5.56 Å². The number of halogens is 1. The predicted octanol–water partition coefficient (Wildman–Crippen LogP) is 0.343. The van der Waals surface area contributed by atoms with E-state index in [1.165, 1.54) is 17.0 Å². The molecule has 2 amide bonds. The zero-order valence-electron chi connectivity index (χ0n) is 9.97. The molecule has 1 atom stereocenters. The van der Waals surface area contributed by atoms with E-state index in [1.54, 1.807) is 6.07 Å². The van der Waals surface area contributed by atoms with E-state index in [4.69, 9.17) is 10.2 Å². The van der Waals surface area contributed by atoms with Crippen molar-refractivity contribution >= 4 is 17.7 Å². The number of aliphatic hydroxyl groups is 1. The van der Waals surface area contributed by atoms with Crippen molar-refractivity contribution in [2.75, 3.05) is 18.0 Å². The molecule has 0 aromatic heterocycles. The minimum absolute atomic E-state index is 0.394. The Morgan fingerprint density at radius 2 is 2.21 bits per heavy atom. The normalized spacial score (nSPS) is 14.9. The van der Waals surface area contributed by atoms with Gasteiger partial charge in [0.25, 0.3) is 0 Å². The van der Waals surface area contributed by atoms with Crippen molar-refractivity contribution in [3.05, 3.63) is 29.6 Å². The molecule has 2 rings (SSSR count). The molecule has 102 valence electrons. The Labute approximate surface area is 108 Å². The van der Waals surface area contributed by atoms with Crippen molar-refractivity contribution in [3.8, 4) is 0 Å². The highest BCUT2D eigenvalue weighted by atomic mass is 19.1. The molecule has 0 unspecified atom stereocenters. The molecule has 0 aliphatic carbocycles. The number of carbonyl (C=O) groups excluding carboxylic acids is 1. The first-order chi connectivity index (χ1) is 8.99. The number of amides is 2. The number of carbonyl (C=O) groups is 2. The number of rotatable bonds is 3. The second-order valence-corrected chi connectivity index (χ2v) is 4.21. The van der Waals surface area contributed by atoms with E-state index in [9.17, 15) is 14.0 Å². The fourth-order valence-electron chi connectivity index (χ4n) is 1.93. The van der Waals surface area contributed by atoms with Crippen LogP contribution in [0.25, 0.3) is 0 Å². The highest BCUT2D eigenvalue weighted by Crippen LogP contribution is 2.28. The van der Waals surface area contributed by atoms with Crippen LogP contribution in [0.4, 0.5) is 14.9 Å². The number of benzene rings is 1. The number of nitrogens with zero attached hydrogens (tertiary/aromatic N) is 1. The Kier molecular flexibility index (Phi) is 3.66. The van der Waals surface area contributed by atoms with Crippen LogP contribution in [0.2, 0.25) is 0 Å². The van der Waals surface area contributed by atoms with Crippen LogP contribution < -0.4 is 10.2 Å². The number of urea groups is 1. The number of anilines is 1. The van der Waals surface area contributed by atoms with Gasteiger partial charge in [-0.3, -0.25) is 4.90 Å². The summed E-state index contributed by atoms with van der Waals surface area (Å²) in [5.74, 6) is -1.85. The van der Waals surface area contributed by atoms with Gasteiger partial charge in [-0.25, -0.2) is 14.0 Å². The van der Waals surface area contributed by atoms with E-state index in [1.807, 2.05) is 0 Å². The maximum atomic E-state index is 13.1. The number of carboxylic acids is 1. The Balaban J connectivity index is 2.03. The first-order valence-electron chi connectivity index (χ1n) is 5.73. The predicted molar refractivity (Wildman–Crippen MR) is 64.5 cm³/mol. The standard InChI is InChI=1S/C12H13FN2O4/c13-8-2-1-7-3-4-15(9(7)5-8)12(19)14-6-10(16)11(17)18/h1-2,5,10,16H,3-4,6H2,(H,14,19)(H,17,18)/t10-/m0/s1. The Bertz CT molecular complexity index is 520. The lowest BCUT2D eigenvalue weighted by Crippen LogP contribution is -2.44. The van der Waals surface area contributed by atoms with Crippen LogP contribution in [-0.2, 0) is 11.2 Å². The first-order valence-corrected chi connectivity index (χ1v) is 5.73. The second-order valence-electron chi connectivity index (χ2n) is 4.21. The Morgan fingerprint density at radius 3 is 2.89 bits per heavy atom. The second kappa shape index (κ2) is 5.23. The van der Waals surface area contributed by atoms with Crippen molar-refractivity contribution in [2.45, 2.75) is 12.5 Å². The van der Waals surface area contributed by atoms with Crippen molar-refractivity contribution in [1.82, 2.24) is 5.32 Å². The van der Waals surface area contributed by atoms with E-state index < -0.39 is 30.5 Å². The number of aliphatic hydroxyl groups excluding tert-OH is 1. The summed E-state index contributed by atoms with van der Waals surface area (Å²) in [4.78, 5) is 23.6. The smallest absolute Gasteiger partial charge is 0.334 e. The quantitative estimate of drug-likeness (QED) is 0.737. The van der Waals surface area contributed by atoms with Gasteiger partial charge in [0, 0.05) is 6.54 Å². The number of nitrogens with one attached hydrogen (secondary N) is 1. The SMILES string of the molecule is O=C(O)[C@@H](O)CNC(=O)N1CCc2ccc(F)cc21. The molecular formula is C12H13FN2O4. The fourth-order valence-corrected chi connectivity index (χ4v) is 1.93. The maximum absolute atomic E-state index is 13.1. The van der Waals surface area contributed by atoms with E-state index >= 15 is 0 Å². The highest BCUT2D eigenvalue weighted by molar-refractivity contribution is 5.94. The topological polar surface area (TPSA) is 89.9 Å². The summed E-state index contributed by atoms with van der Waals surface area (Å²) in [6.45, 7) is 0.00308. The fraction of sp³-hybridized carbons (Fsp3) is 0.333. The molecule has 19 heavy (non-hydrogen) atoms. The number of aliphatic carboxylic acids is 1. The summed E-state index contributed by atoms with van der Waals surface area (Å²) >= 11 is 0. The van der Waals surface area contributed by atoms with Crippen molar-refractivity contribution in [3.63, 3.8) is 0 Å². The number of carboxylic acid groups (broad SMARTS) is 1. The zero-order valence-corrected chi connectivity index (χ0v) is 9.97. The molecular weight excluding hydrogens is 255 g/mol. The lowest BCUT2D eigenvalue weighted by molar-refractivity contribution is -0.146. The zero-order chi connectivity index (χ0) is 14.0. The van der Waals surface area contributed by atoms with Crippen LogP contribution in [0, 0.1) is 5.82 Å². The summed E-state index contributed by atoms with van der Waals surface area (Å²) in [7, 11) is 0. The largest absolute Gasteiger partial charge is 0.479 e. The average Bonchev–Trinajstić information content (AvgIpc) is 2.78. The highest BCUT2D eigenvalue weighted by Gasteiger charge is 2.25. The lowest BCUT2D eigenvalue weighted by Gasteiger charge is -2.18. The van der Waals surface area contributed by atoms with Gasteiger partial charge >= 0.3 is 12.0 Å². The van der Waals surface area contributed by atoms with Crippen LogP contribution in [0.15, 0.2) is 18.2 Å². The molecule has 0 saturated carbocycles. The van der Waals surface area contributed by atoms with Crippen LogP contribution in [0.5, 0.6) is 0 Å². The molecule has 0 fully saturated rings. The average molecular weight is 268 g/mol. The van der Waals surface area contributed by atoms with Gasteiger partial charge < -0.3 is 15.5 Å². The Morgan fingerprint density at radius 1 is 1.47 bits per heavy atom. The Hall–Kier alpha value is -2.15. The minimum Gasteiger partial charge on any atom is -0.479 e. The number of hydrogen-bond acceptors (Lipinski definition) is 3. The molecule has 1 aliphatic rings. The van der Waals surface area contributed by atoms with Crippen molar-refractivity contribution in [2.24, 2.45) is 0 Å². The van der Waals surface area contributed by atoms with Gasteiger partial charge in [-0.15, -0.1) is 0 Å². The van der Waals surface area contributed by atoms with Crippen LogP contribution in [-0.4, -0.2) is 41.4 Å². The molecule has 0 spiro atoms. The third-order valence-corrected chi connectivity index (χ3v) is 2.92. The third kappa shape index (κ3) is 2.82. The van der Waals surface area contributed by atoms with Gasteiger partial charge in [0.05, 0.1) is 12.2 Å². The monoisotopic (exact) mass is 268 g/mol. The molecule has 0 saturated heterocycles. The molecule has 1 heterocycles. The molecule has 6 nitrogen and oxygen atoms in total. The third-order valence-electron chi connectivity index (χ3n) is 2.92. The molecule has 1 aliphatic heterocycles. The molecule has 1 aromatic rings. The van der Waals surface area contributed by atoms with Crippen LogP contribution in [0.1, 0.15) is 5.56 Å². The molecule has 1 aromatic carbocycles. The van der Waals surface area contributed by atoms with Crippen LogP contribution in [0.3, 0.4) is 0 Å². The molecule has 0 bridgehead atoms. The summed E-state index contributed by atoms with van der Waals surface area (Å²) in [5, 5.41) is 19.9. The maximum Gasteiger partial charge on any atom is 0.334 e. The number of fused-ring (bicyclic) bond motifs is 1. The molecule has 0 radical (unpaired) electrons. The first kappa shape index (κ1) is 13.3. The van der Waals surface area contributed by atoms with Crippen molar-refractivity contribution in [1.29, 1.82) is 0 Å².